The van der Waals surface area contributed by atoms with E-state index in [1.54, 1.807) is 13.2 Å². The van der Waals surface area contributed by atoms with E-state index < -0.39 is 0 Å². The fourth-order valence-electron chi connectivity index (χ4n) is 4.03. The van der Waals surface area contributed by atoms with Crippen LogP contribution in [0.5, 0.6) is 5.75 Å². The Hall–Kier alpha value is -3.25. The van der Waals surface area contributed by atoms with Gasteiger partial charge in [0.05, 0.1) is 23.4 Å². The summed E-state index contributed by atoms with van der Waals surface area (Å²) in [5.74, 6) is 0.435. The third-order valence-corrected chi connectivity index (χ3v) is 6.10. The highest BCUT2D eigenvalue weighted by Crippen LogP contribution is 2.31. The van der Waals surface area contributed by atoms with Crippen LogP contribution >= 0.6 is 11.6 Å². The van der Waals surface area contributed by atoms with E-state index in [9.17, 15) is 9.59 Å². The first-order chi connectivity index (χ1) is 15.5. The van der Waals surface area contributed by atoms with Crippen LogP contribution in [0.2, 0.25) is 5.02 Å². The van der Waals surface area contributed by atoms with Gasteiger partial charge in [0.2, 0.25) is 5.91 Å². The molecule has 32 heavy (non-hydrogen) atoms. The fraction of sp³-hybridized carbons (Fsp3) is 0.280. The molecule has 1 saturated heterocycles. The largest absolute Gasteiger partial charge is 0.496 e. The molecular weight excluding hydrogens is 426 g/mol. The molecule has 1 heterocycles. The van der Waals surface area contributed by atoms with Crippen LogP contribution in [0, 0.1) is 0 Å². The molecule has 1 aliphatic heterocycles. The number of methoxy groups -OCH3 is 1. The SMILES string of the molecule is CCC(=O)N1CCN(c2ccc(NC(=O)c3cc4ccccc4cc3OC)cc2Cl)CC1. The van der Waals surface area contributed by atoms with E-state index in [1.807, 2.05) is 60.4 Å². The highest BCUT2D eigenvalue weighted by atomic mass is 35.5. The highest BCUT2D eigenvalue weighted by molar-refractivity contribution is 6.33. The number of carbonyl (C=O) groups is 2. The maximum Gasteiger partial charge on any atom is 0.259 e. The molecule has 2 amide bonds. The fourth-order valence-corrected chi connectivity index (χ4v) is 4.33. The zero-order valence-corrected chi connectivity index (χ0v) is 19.0. The third-order valence-electron chi connectivity index (χ3n) is 5.79. The van der Waals surface area contributed by atoms with Crippen LogP contribution in [0.1, 0.15) is 23.7 Å². The van der Waals surface area contributed by atoms with Crippen LogP contribution in [-0.4, -0.2) is 50.0 Å². The van der Waals surface area contributed by atoms with Gasteiger partial charge in [-0.25, -0.2) is 0 Å². The van der Waals surface area contributed by atoms with E-state index in [4.69, 9.17) is 16.3 Å². The molecule has 3 aromatic rings. The van der Waals surface area contributed by atoms with Crippen LogP contribution in [0.15, 0.2) is 54.6 Å². The molecule has 0 atom stereocenters. The van der Waals surface area contributed by atoms with Crippen LogP contribution < -0.4 is 15.0 Å². The Kier molecular flexibility index (Phi) is 6.51. The van der Waals surface area contributed by atoms with Crippen molar-refractivity contribution in [1.82, 2.24) is 4.90 Å². The summed E-state index contributed by atoms with van der Waals surface area (Å²) >= 11 is 6.56. The van der Waals surface area contributed by atoms with Crippen molar-refractivity contribution in [1.29, 1.82) is 0 Å². The second-order valence-electron chi connectivity index (χ2n) is 7.74. The second kappa shape index (κ2) is 9.49. The van der Waals surface area contributed by atoms with Gasteiger partial charge >= 0.3 is 0 Å². The van der Waals surface area contributed by atoms with Crippen LogP contribution in [0.25, 0.3) is 10.8 Å². The number of hydrogen-bond donors (Lipinski definition) is 1. The van der Waals surface area contributed by atoms with Gasteiger partial charge in [-0.3, -0.25) is 9.59 Å². The van der Waals surface area contributed by atoms with E-state index >= 15 is 0 Å². The first kappa shape index (κ1) is 22.0. The number of benzene rings is 3. The second-order valence-corrected chi connectivity index (χ2v) is 8.15. The number of carbonyl (C=O) groups excluding carboxylic acids is 2. The lowest BCUT2D eigenvalue weighted by atomic mass is 10.1. The smallest absolute Gasteiger partial charge is 0.259 e. The maximum atomic E-state index is 13.0. The summed E-state index contributed by atoms with van der Waals surface area (Å²) in [4.78, 5) is 28.9. The van der Waals surface area contributed by atoms with E-state index in [2.05, 4.69) is 10.2 Å². The van der Waals surface area contributed by atoms with Gasteiger partial charge in [-0.15, -0.1) is 0 Å². The molecule has 0 bridgehead atoms. The minimum Gasteiger partial charge on any atom is -0.496 e. The van der Waals surface area contributed by atoms with E-state index in [0.29, 0.717) is 41.5 Å². The number of piperazine rings is 1. The molecule has 7 heteroatoms. The quantitative estimate of drug-likeness (QED) is 0.604. The molecule has 1 aliphatic rings. The van der Waals surface area contributed by atoms with Crippen LogP contribution in [0.3, 0.4) is 0 Å². The zero-order valence-electron chi connectivity index (χ0n) is 18.2. The normalized spacial score (nSPS) is 13.8. The summed E-state index contributed by atoms with van der Waals surface area (Å²) in [7, 11) is 1.56. The minimum absolute atomic E-state index is 0.179. The average Bonchev–Trinajstić information content (AvgIpc) is 2.83. The maximum absolute atomic E-state index is 13.0. The Labute approximate surface area is 192 Å². The number of rotatable bonds is 5. The molecule has 1 N–H and O–H groups in total. The summed E-state index contributed by atoms with van der Waals surface area (Å²) in [6, 6.07) is 17.0. The van der Waals surface area contributed by atoms with Crippen molar-refractivity contribution in [2.75, 3.05) is 43.5 Å². The van der Waals surface area contributed by atoms with Crippen molar-refractivity contribution < 1.29 is 14.3 Å². The van der Waals surface area contributed by atoms with Crippen molar-refractivity contribution >= 4 is 45.6 Å². The number of anilines is 2. The lowest BCUT2D eigenvalue weighted by Crippen LogP contribution is -2.48. The summed E-state index contributed by atoms with van der Waals surface area (Å²) in [5.41, 5.74) is 1.97. The lowest BCUT2D eigenvalue weighted by molar-refractivity contribution is -0.131. The first-order valence-corrected chi connectivity index (χ1v) is 11.1. The van der Waals surface area contributed by atoms with Gasteiger partial charge in [0.1, 0.15) is 5.75 Å². The molecule has 0 aromatic heterocycles. The number of nitrogens with one attached hydrogen (secondary N) is 1. The number of amides is 2. The summed E-state index contributed by atoms with van der Waals surface area (Å²) in [6.45, 7) is 4.70. The number of halogens is 1. The molecule has 166 valence electrons. The average molecular weight is 452 g/mol. The molecule has 6 nitrogen and oxygen atoms in total. The molecule has 0 radical (unpaired) electrons. The zero-order chi connectivity index (χ0) is 22.7. The molecule has 4 rings (SSSR count). The van der Waals surface area contributed by atoms with Gasteiger partial charge < -0.3 is 19.9 Å². The van der Waals surface area contributed by atoms with Gasteiger partial charge in [-0.2, -0.15) is 0 Å². The number of ether oxygens (including phenoxy) is 1. The lowest BCUT2D eigenvalue weighted by Gasteiger charge is -2.36. The van der Waals surface area contributed by atoms with E-state index in [0.717, 1.165) is 29.5 Å². The standard InChI is InChI=1S/C25H26ClN3O3/c1-3-24(30)29-12-10-28(11-13-29)22-9-8-19(16-21(22)26)27-25(31)20-14-17-6-4-5-7-18(17)15-23(20)32-2/h4-9,14-16H,3,10-13H2,1-2H3,(H,27,31). The predicted octanol–water partition coefficient (Wildman–Crippen LogP) is 4.81. The van der Waals surface area contributed by atoms with Crippen molar-refractivity contribution in [2.45, 2.75) is 13.3 Å². The molecule has 0 spiro atoms. The van der Waals surface area contributed by atoms with Crippen molar-refractivity contribution in [3.05, 3.63) is 65.2 Å². The number of hydrogen-bond acceptors (Lipinski definition) is 4. The van der Waals surface area contributed by atoms with Crippen molar-refractivity contribution in [3.8, 4) is 5.75 Å². The summed E-state index contributed by atoms with van der Waals surface area (Å²) in [5, 5.41) is 5.46. The Morgan fingerprint density at radius 1 is 1.00 bits per heavy atom. The molecule has 0 saturated carbocycles. The van der Waals surface area contributed by atoms with Crippen molar-refractivity contribution in [2.24, 2.45) is 0 Å². The minimum atomic E-state index is -0.261. The number of nitrogens with zero attached hydrogens (tertiary/aromatic N) is 2. The Bertz CT molecular complexity index is 1160. The molecule has 3 aromatic carbocycles. The predicted molar refractivity (Wildman–Crippen MR) is 129 cm³/mol. The van der Waals surface area contributed by atoms with Crippen LogP contribution in [0.4, 0.5) is 11.4 Å². The topological polar surface area (TPSA) is 61.9 Å². The third kappa shape index (κ3) is 4.50. The monoisotopic (exact) mass is 451 g/mol. The van der Waals surface area contributed by atoms with Crippen LogP contribution in [-0.2, 0) is 4.79 Å². The van der Waals surface area contributed by atoms with Gasteiger partial charge in [-0.05, 0) is 41.1 Å². The summed E-state index contributed by atoms with van der Waals surface area (Å²) < 4.78 is 5.45. The van der Waals surface area contributed by atoms with Gasteiger partial charge in [-0.1, -0.05) is 42.8 Å². The Balaban J connectivity index is 1.49. The van der Waals surface area contributed by atoms with E-state index in [1.165, 1.54) is 0 Å². The molecular formula is C25H26ClN3O3. The van der Waals surface area contributed by atoms with E-state index in [-0.39, 0.29) is 11.8 Å². The number of fused-ring (bicyclic) bond motifs is 1. The highest BCUT2D eigenvalue weighted by Gasteiger charge is 2.22. The van der Waals surface area contributed by atoms with Gasteiger partial charge in [0.15, 0.2) is 0 Å². The van der Waals surface area contributed by atoms with Gasteiger partial charge in [0.25, 0.3) is 5.91 Å². The molecule has 1 fully saturated rings. The Morgan fingerprint density at radius 2 is 1.69 bits per heavy atom. The first-order valence-electron chi connectivity index (χ1n) is 10.7. The molecule has 0 aliphatic carbocycles. The molecule has 0 unspecified atom stereocenters. The van der Waals surface area contributed by atoms with Crippen molar-refractivity contribution in [3.63, 3.8) is 0 Å². The summed E-state index contributed by atoms with van der Waals surface area (Å²) in [6.07, 6.45) is 0.525. The van der Waals surface area contributed by atoms with Gasteiger partial charge in [0, 0.05) is 38.3 Å². The Morgan fingerprint density at radius 3 is 2.31 bits per heavy atom.